The third-order valence-corrected chi connectivity index (χ3v) is 2.63. The Bertz CT molecular complexity index is 179. The molecule has 2 nitrogen and oxygen atoms in total. The molecule has 0 radical (unpaired) electrons. The molecule has 0 unspecified atom stereocenters. The summed E-state index contributed by atoms with van der Waals surface area (Å²) < 4.78 is 0. The Kier molecular flexibility index (Phi) is 6.57. The van der Waals surface area contributed by atoms with Crippen LogP contribution in [0.25, 0.3) is 0 Å². The van der Waals surface area contributed by atoms with E-state index < -0.39 is 0 Å². The van der Waals surface area contributed by atoms with Crippen molar-refractivity contribution in [2.75, 3.05) is 19.6 Å². The van der Waals surface area contributed by atoms with Crippen LogP contribution in [0.2, 0.25) is 0 Å². The summed E-state index contributed by atoms with van der Waals surface area (Å²) in [5, 5.41) is 8.89. The normalized spacial score (nSPS) is 11.7. The zero-order valence-corrected chi connectivity index (χ0v) is 10.1. The monoisotopic (exact) mass is 196 g/mol. The van der Waals surface area contributed by atoms with Gasteiger partial charge in [0, 0.05) is 0 Å². The Morgan fingerprint density at radius 2 is 1.86 bits per heavy atom. The fourth-order valence-corrected chi connectivity index (χ4v) is 1.30. The molecule has 0 bridgehead atoms. The lowest BCUT2D eigenvalue weighted by Crippen LogP contribution is -2.28. The van der Waals surface area contributed by atoms with Crippen LogP contribution in [0.15, 0.2) is 0 Å². The van der Waals surface area contributed by atoms with Gasteiger partial charge in [0.05, 0.1) is 11.5 Å². The zero-order chi connectivity index (χ0) is 11.0. The zero-order valence-electron chi connectivity index (χ0n) is 10.1. The van der Waals surface area contributed by atoms with Gasteiger partial charge in [-0.05, 0) is 46.3 Å². The summed E-state index contributed by atoms with van der Waals surface area (Å²) in [6.45, 7) is 11.8. The predicted molar refractivity (Wildman–Crippen MR) is 61.0 cm³/mol. The van der Waals surface area contributed by atoms with Crippen molar-refractivity contribution in [3.05, 3.63) is 0 Å². The minimum Gasteiger partial charge on any atom is -0.304 e. The molecule has 0 rings (SSSR count). The molecule has 0 spiro atoms. The number of rotatable bonds is 7. The van der Waals surface area contributed by atoms with Crippen molar-refractivity contribution >= 4 is 0 Å². The largest absolute Gasteiger partial charge is 0.304 e. The van der Waals surface area contributed by atoms with Crippen LogP contribution in [0.5, 0.6) is 0 Å². The molecule has 0 aromatic heterocycles. The first-order chi connectivity index (χ1) is 6.55. The lowest BCUT2D eigenvalue weighted by Gasteiger charge is -2.23. The molecular weight excluding hydrogens is 172 g/mol. The molecule has 0 atom stereocenters. The average Bonchev–Trinajstić information content (AvgIpc) is 2.18. The van der Waals surface area contributed by atoms with Gasteiger partial charge in [0.25, 0.3) is 0 Å². The number of hydrogen-bond acceptors (Lipinski definition) is 2. The van der Waals surface area contributed by atoms with E-state index in [-0.39, 0.29) is 5.41 Å². The van der Waals surface area contributed by atoms with E-state index >= 15 is 0 Å². The molecule has 0 aromatic carbocycles. The van der Waals surface area contributed by atoms with E-state index in [1.54, 1.807) is 0 Å². The molecule has 0 saturated heterocycles. The maximum atomic E-state index is 8.89. The second-order valence-corrected chi connectivity index (χ2v) is 4.53. The highest BCUT2D eigenvalue weighted by Gasteiger charge is 2.17. The maximum absolute atomic E-state index is 8.89. The van der Waals surface area contributed by atoms with Gasteiger partial charge < -0.3 is 4.90 Å². The lowest BCUT2D eigenvalue weighted by atomic mass is 9.91. The summed E-state index contributed by atoms with van der Waals surface area (Å²) >= 11 is 0. The Balaban J connectivity index is 3.78. The topological polar surface area (TPSA) is 27.0 Å². The first-order valence-electron chi connectivity index (χ1n) is 5.69. The first kappa shape index (κ1) is 13.4. The number of nitriles is 1. The van der Waals surface area contributed by atoms with Gasteiger partial charge in [-0.25, -0.2) is 0 Å². The van der Waals surface area contributed by atoms with Gasteiger partial charge in [-0.2, -0.15) is 5.26 Å². The molecule has 14 heavy (non-hydrogen) atoms. The van der Waals surface area contributed by atoms with Gasteiger partial charge in [-0.1, -0.05) is 20.3 Å². The molecule has 2 heteroatoms. The van der Waals surface area contributed by atoms with Gasteiger partial charge in [-0.15, -0.1) is 0 Å². The van der Waals surface area contributed by atoms with Crippen LogP contribution in [-0.4, -0.2) is 24.5 Å². The van der Waals surface area contributed by atoms with Crippen molar-refractivity contribution in [3.63, 3.8) is 0 Å². The van der Waals surface area contributed by atoms with E-state index in [9.17, 15) is 0 Å². The summed E-state index contributed by atoms with van der Waals surface area (Å²) in [6.07, 6.45) is 3.49. The third-order valence-electron chi connectivity index (χ3n) is 2.63. The van der Waals surface area contributed by atoms with E-state index in [2.05, 4.69) is 24.8 Å². The van der Waals surface area contributed by atoms with Gasteiger partial charge in [0.15, 0.2) is 0 Å². The van der Waals surface area contributed by atoms with Crippen molar-refractivity contribution in [1.29, 1.82) is 5.26 Å². The molecule has 82 valence electrons. The van der Waals surface area contributed by atoms with Crippen LogP contribution >= 0.6 is 0 Å². The van der Waals surface area contributed by atoms with Crippen molar-refractivity contribution in [3.8, 4) is 6.07 Å². The van der Waals surface area contributed by atoms with Crippen molar-refractivity contribution in [2.24, 2.45) is 5.41 Å². The molecule has 0 aromatic rings. The quantitative estimate of drug-likeness (QED) is 0.626. The number of nitrogens with zero attached hydrogens (tertiary/aromatic N) is 2. The van der Waals surface area contributed by atoms with Gasteiger partial charge in [0.1, 0.15) is 0 Å². The average molecular weight is 196 g/mol. The highest BCUT2D eigenvalue weighted by atomic mass is 15.1. The molecular formula is C12H24N2. The van der Waals surface area contributed by atoms with E-state index in [0.29, 0.717) is 0 Å². The van der Waals surface area contributed by atoms with E-state index in [4.69, 9.17) is 5.26 Å². The highest BCUT2D eigenvalue weighted by Crippen LogP contribution is 2.18. The fourth-order valence-electron chi connectivity index (χ4n) is 1.30. The molecule has 0 aliphatic carbocycles. The van der Waals surface area contributed by atoms with Gasteiger partial charge in [-0.3, -0.25) is 0 Å². The molecule has 0 N–H and O–H groups in total. The van der Waals surface area contributed by atoms with Gasteiger partial charge in [0.2, 0.25) is 0 Å². The van der Waals surface area contributed by atoms with E-state index in [0.717, 1.165) is 19.5 Å². The fraction of sp³-hybridized carbons (Fsp3) is 0.917. The van der Waals surface area contributed by atoms with Crippen LogP contribution in [0.3, 0.4) is 0 Å². The molecule has 0 heterocycles. The molecule has 0 aliphatic rings. The second-order valence-electron chi connectivity index (χ2n) is 4.53. The minimum absolute atomic E-state index is 0.167. The summed E-state index contributed by atoms with van der Waals surface area (Å²) in [5.74, 6) is 0. The Morgan fingerprint density at radius 1 is 1.21 bits per heavy atom. The summed E-state index contributed by atoms with van der Waals surface area (Å²) in [5.41, 5.74) is -0.167. The van der Waals surface area contributed by atoms with Crippen LogP contribution in [0.1, 0.15) is 47.0 Å². The third kappa shape index (κ3) is 5.99. The Hall–Kier alpha value is -0.550. The van der Waals surface area contributed by atoms with Gasteiger partial charge >= 0.3 is 0 Å². The molecule has 0 amide bonds. The van der Waals surface area contributed by atoms with Crippen LogP contribution in [0.4, 0.5) is 0 Å². The maximum Gasteiger partial charge on any atom is 0.0684 e. The summed E-state index contributed by atoms with van der Waals surface area (Å²) in [7, 11) is 0. The SMILES string of the molecule is CCCCN(CC)CCC(C)(C)C#N. The van der Waals surface area contributed by atoms with Crippen molar-refractivity contribution < 1.29 is 0 Å². The smallest absolute Gasteiger partial charge is 0.0684 e. The number of hydrogen-bond donors (Lipinski definition) is 0. The Morgan fingerprint density at radius 3 is 2.29 bits per heavy atom. The second kappa shape index (κ2) is 6.84. The molecule has 0 saturated carbocycles. The van der Waals surface area contributed by atoms with E-state index in [1.807, 2.05) is 13.8 Å². The van der Waals surface area contributed by atoms with Crippen molar-refractivity contribution in [2.45, 2.75) is 47.0 Å². The Labute approximate surface area is 88.9 Å². The van der Waals surface area contributed by atoms with Crippen LogP contribution < -0.4 is 0 Å². The molecule has 0 aliphatic heterocycles. The molecule has 0 fully saturated rings. The van der Waals surface area contributed by atoms with Crippen LogP contribution in [-0.2, 0) is 0 Å². The standard InChI is InChI=1S/C12H24N2/c1-5-7-9-14(6-2)10-8-12(3,4)11-13/h5-10H2,1-4H3. The number of unbranched alkanes of at least 4 members (excludes halogenated alkanes) is 1. The predicted octanol–water partition coefficient (Wildman–Crippen LogP) is 3.05. The van der Waals surface area contributed by atoms with E-state index in [1.165, 1.54) is 19.4 Å². The highest BCUT2D eigenvalue weighted by molar-refractivity contribution is 4.91. The first-order valence-corrected chi connectivity index (χ1v) is 5.69. The summed E-state index contributed by atoms with van der Waals surface area (Å²) in [6, 6.07) is 2.35. The van der Waals surface area contributed by atoms with Crippen molar-refractivity contribution in [1.82, 2.24) is 4.90 Å². The minimum atomic E-state index is -0.167. The van der Waals surface area contributed by atoms with Crippen LogP contribution in [0, 0.1) is 16.7 Å². The lowest BCUT2D eigenvalue weighted by molar-refractivity contribution is 0.249. The summed E-state index contributed by atoms with van der Waals surface area (Å²) in [4.78, 5) is 2.43.